The predicted octanol–water partition coefficient (Wildman–Crippen LogP) is 0.954. The Morgan fingerprint density at radius 2 is 2.18 bits per heavy atom. The Morgan fingerprint density at radius 1 is 1.45 bits per heavy atom. The molecule has 0 spiro atoms. The molecule has 1 aliphatic rings. The highest BCUT2D eigenvalue weighted by Gasteiger charge is 2.12. The van der Waals surface area contributed by atoms with Crippen LogP contribution in [0.5, 0.6) is 0 Å². The second-order valence-corrected chi connectivity index (χ2v) is 2.84. The van der Waals surface area contributed by atoms with Gasteiger partial charge in [-0.2, -0.15) is 0 Å². The Kier molecular flexibility index (Phi) is 4.50. The number of ether oxygens (including phenoxy) is 1. The molecule has 0 aliphatic carbocycles. The van der Waals surface area contributed by atoms with Gasteiger partial charge in [0.1, 0.15) is 0 Å². The van der Waals surface area contributed by atoms with Gasteiger partial charge in [-0.15, -0.1) is 0 Å². The first kappa shape index (κ1) is 8.97. The van der Waals surface area contributed by atoms with E-state index in [0.717, 1.165) is 32.3 Å². The molecule has 0 aromatic carbocycles. The maximum Gasteiger partial charge on any atom is 0.0653 e. The summed E-state index contributed by atoms with van der Waals surface area (Å²) >= 11 is 0. The second-order valence-electron chi connectivity index (χ2n) is 2.84. The summed E-state index contributed by atoms with van der Waals surface area (Å²) in [6, 6.07) is 0. The van der Waals surface area contributed by atoms with Crippen LogP contribution in [0.15, 0.2) is 0 Å². The lowest BCUT2D eigenvalue weighted by Gasteiger charge is -2.21. The van der Waals surface area contributed by atoms with E-state index in [1.165, 1.54) is 12.8 Å². The van der Waals surface area contributed by atoms with E-state index in [0.29, 0.717) is 0 Å². The summed E-state index contributed by atoms with van der Waals surface area (Å²) in [5.41, 5.74) is 2.95. The predicted molar refractivity (Wildman–Crippen MR) is 43.2 cm³/mol. The molecule has 0 radical (unpaired) electrons. The van der Waals surface area contributed by atoms with Gasteiger partial charge >= 0.3 is 0 Å². The molecule has 0 saturated carbocycles. The SMILES string of the molecule is CCONCC1CCOCC1. The summed E-state index contributed by atoms with van der Waals surface area (Å²) in [6.07, 6.45) is 2.33. The van der Waals surface area contributed by atoms with Gasteiger partial charge in [0.2, 0.25) is 0 Å². The molecule has 0 unspecified atom stereocenters. The lowest BCUT2D eigenvalue weighted by Crippen LogP contribution is -2.27. The number of hydrogen-bond donors (Lipinski definition) is 1. The van der Waals surface area contributed by atoms with Crippen LogP contribution in [0, 0.1) is 5.92 Å². The highest BCUT2D eigenvalue weighted by molar-refractivity contribution is 4.63. The fourth-order valence-electron chi connectivity index (χ4n) is 1.23. The molecule has 0 atom stereocenters. The molecule has 0 aromatic heterocycles. The van der Waals surface area contributed by atoms with Crippen molar-refractivity contribution in [3.8, 4) is 0 Å². The number of hydrogen-bond acceptors (Lipinski definition) is 3. The third-order valence-corrected chi connectivity index (χ3v) is 1.96. The van der Waals surface area contributed by atoms with E-state index in [1.807, 2.05) is 6.92 Å². The summed E-state index contributed by atoms with van der Waals surface area (Å²) in [4.78, 5) is 5.05. The highest BCUT2D eigenvalue weighted by atomic mass is 16.6. The molecular formula is C8H17NO2. The zero-order chi connectivity index (χ0) is 7.94. The number of rotatable bonds is 4. The monoisotopic (exact) mass is 159 g/mol. The Morgan fingerprint density at radius 3 is 2.82 bits per heavy atom. The zero-order valence-electron chi connectivity index (χ0n) is 7.14. The lowest BCUT2D eigenvalue weighted by molar-refractivity contribution is 0.0153. The molecule has 3 nitrogen and oxygen atoms in total. The van der Waals surface area contributed by atoms with Crippen molar-refractivity contribution in [3.05, 3.63) is 0 Å². The van der Waals surface area contributed by atoms with Crippen LogP contribution < -0.4 is 5.48 Å². The first-order chi connectivity index (χ1) is 5.43. The van der Waals surface area contributed by atoms with E-state index in [2.05, 4.69) is 5.48 Å². The van der Waals surface area contributed by atoms with Crippen molar-refractivity contribution in [3.63, 3.8) is 0 Å². The molecular weight excluding hydrogens is 142 g/mol. The maximum atomic E-state index is 5.24. The minimum Gasteiger partial charge on any atom is -0.381 e. The van der Waals surface area contributed by atoms with E-state index in [1.54, 1.807) is 0 Å². The van der Waals surface area contributed by atoms with Crippen molar-refractivity contribution in [1.82, 2.24) is 5.48 Å². The molecule has 3 heteroatoms. The molecule has 1 heterocycles. The Bertz CT molecular complexity index is 92.1. The summed E-state index contributed by atoms with van der Waals surface area (Å²) in [5, 5.41) is 0. The van der Waals surface area contributed by atoms with Gasteiger partial charge in [0.25, 0.3) is 0 Å². The van der Waals surface area contributed by atoms with Gasteiger partial charge in [0.05, 0.1) is 6.61 Å². The third kappa shape index (κ3) is 3.70. The van der Waals surface area contributed by atoms with Crippen LogP contribution in [0.1, 0.15) is 19.8 Å². The summed E-state index contributed by atoms with van der Waals surface area (Å²) < 4.78 is 5.24. The fourth-order valence-corrected chi connectivity index (χ4v) is 1.23. The molecule has 0 bridgehead atoms. The number of nitrogens with one attached hydrogen (secondary N) is 1. The smallest absolute Gasteiger partial charge is 0.0653 e. The van der Waals surface area contributed by atoms with Gasteiger partial charge in [0, 0.05) is 19.8 Å². The van der Waals surface area contributed by atoms with Crippen LogP contribution in [-0.2, 0) is 9.57 Å². The van der Waals surface area contributed by atoms with Crippen LogP contribution in [0.25, 0.3) is 0 Å². The summed E-state index contributed by atoms with van der Waals surface area (Å²) in [7, 11) is 0. The van der Waals surface area contributed by atoms with Crippen LogP contribution in [0.2, 0.25) is 0 Å². The Balaban J connectivity index is 1.96. The van der Waals surface area contributed by atoms with Gasteiger partial charge in [-0.3, -0.25) is 0 Å². The molecule has 1 rings (SSSR count). The third-order valence-electron chi connectivity index (χ3n) is 1.96. The van der Waals surface area contributed by atoms with Gasteiger partial charge in [-0.1, -0.05) is 0 Å². The highest BCUT2D eigenvalue weighted by Crippen LogP contribution is 2.12. The lowest BCUT2D eigenvalue weighted by atomic mass is 10.0. The van der Waals surface area contributed by atoms with Crippen molar-refractivity contribution >= 4 is 0 Å². The van der Waals surface area contributed by atoms with E-state index in [9.17, 15) is 0 Å². The number of hydroxylamine groups is 1. The van der Waals surface area contributed by atoms with Crippen molar-refractivity contribution in [2.75, 3.05) is 26.4 Å². The van der Waals surface area contributed by atoms with Crippen molar-refractivity contribution in [2.45, 2.75) is 19.8 Å². The normalized spacial score (nSPS) is 20.5. The van der Waals surface area contributed by atoms with E-state index in [-0.39, 0.29) is 0 Å². The Labute approximate surface area is 68.0 Å². The molecule has 1 fully saturated rings. The van der Waals surface area contributed by atoms with Gasteiger partial charge in [-0.05, 0) is 25.7 Å². The van der Waals surface area contributed by atoms with Crippen LogP contribution >= 0.6 is 0 Å². The standard InChI is InChI=1S/C8H17NO2/c1-2-11-9-7-8-3-5-10-6-4-8/h8-9H,2-7H2,1H3. The molecule has 1 saturated heterocycles. The first-order valence-corrected chi connectivity index (χ1v) is 4.36. The van der Waals surface area contributed by atoms with Gasteiger partial charge in [-0.25, -0.2) is 5.48 Å². The largest absolute Gasteiger partial charge is 0.381 e. The van der Waals surface area contributed by atoms with Crippen molar-refractivity contribution in [1.29, 1.82) is 0 Å². The van der Waals surface area contributed by atoms with Crippen LogP contribution in [-0.4, -0.2) is 26.4 Å². The molecule has 66 valence electrons. The molecule has 0 amide bonds. The van der Waals surface area contributed by atoms with E-state index in [4.69, 9.17) is 9.57 Å². The molecule has 0 aromatic rings. The summed E-state index contributed by atoms with van der Waals surface area (Å²) in [5.74, 6) is 0.746. The van der Waals surface area contributed by atoms with Gasteiger partial charge < -0.3 is 9.57 Å². The van der Waals surface area contributed by atoms with E-state index < -0.39 is 0 Å². The minimum absolute atomic E-state index is 0.739. The summed E-state index contributed by atoms with van der Waals surface area (Å²) in [6.45, 7) is 5.52. The average molecular weight is 159 g/mol. The minimum atomic E-state index is 0.739. The molecule has 1 aliphatic heterocycles. The van der Waals surface area contributed by atoms with Crippen LogP contribution in [0.4, 0.5) is 0 Å². The molecule has 1 N–H and O–H groups in total. The van der Waals surface area contributed by atoms with Crippen molar-refractivity contribution in [2.24, 2.45) is 5.92 Å². The fraction of sp³-hybridized carbons (Fsp3) is 1.00. The maximum absolute atomic E-state index is 5.24. The Hall–Kier alpha value is -0.120. The first-order valence-electron chi connectivity index (χ1n) is 4.36. The van der Waals surface area contributed by atoms with E-state index >= 15 is 0 Å². The van der Waals surface area contributed by atoms with Crippen LogP contribution in [0.3, 0.4) is 0 Å². The second kappa shape index (κ2) is 5.52. The zero-order valence-corrected chi connectivity index (χ0v) is 7.14. The average Bonchev–Trinajstić information content (AvgIpc) is 2.07. The molecule has 11 heavy (non-hydrogen) atoms. The topological polar surface area (TPSA) is 30.5 Å². The van der Waals surface area contributed by atoms with Crippen molar-refractivity contribution < 1.29 is 9.57 Å². The van der Waals surface area contributed by atoms with Gasteiger partial charge in [0.15, 0.2) is 0 Å². The quantitative estimate of drug-likeness (QED) is 0.489.